The topological polar surface area (TPSA) is 43.8 Å². The monoisotopic (exact) mass is 271 g/mol. The Hall–Kier alpha value is -0.810. The zero-order valence-electron chi connectivity index (χ0n) is 7.70. The van der Waals surface area contributed by atoms with Gasteiger partial charge in [0.1, 0.15) is 5.82 Å². The Balaban J connectivity index is 2.22. The molecule has 0 fully saturated rings. The molecule has 0 aromatic carbocycles. The zero-order valence-corrected chi connectivity index (χ0v) is 10.1. The van der Waals surface area contributed by atoms with Crippen molar-refractivity contribution in [1.29, 1.82) is 0 Å². The van der Waals surface area contributed by atoms with Crippen molar-refractivity contribution in [3.05, 3.63) is 32.6 Å². The number of anilines is 1. The Labute approximate surface area is 94.7 Å². The number of rotatable bonds is 2. The fourth-order valence-electron chi connectivity index (χ4n) is 1.22. The number of nitrogen functional groups attached to an aromatic ring is 1. The molecule has 0 amide bonds. The number of hydrogen-bond donors (Lipinski definition) is 1. The highest BCUT2D eigenvalue weighted by atomic mass is 79.9. The average molecular weight is 272 g/mol. The molecule has 2 aromatic heterocycles. The molecule has 0 spiro atoms. The van der Waals surface area contributed by atoms with Gasteiger partial charge in [-0.2, -0.15) is 5.10 Å². The van der Waals surface area contributed by atoms with Crippen molar-refractivity contribution >= 4 is 33.1 Å². The van der Waals surface area contributed by atoms with Gasteiger partial charge in [0.25, 0.3) is 0 Å². The Morgan fingerprint density at radius 1 is 1.57 bits per heavy atom. The smallest absolute Gasteiger partial charge is 0.136 e. The van der Waals surface area contributed by atoms with E-state index in [1.54, 1.807) is 22.2 Å². The van der Waals surface area contributed by atoms with Gasteiger partial charge < -0.3 is 5.73 Å². The van der Waals surface area contributed by atoms with Gasteiger partial charge in [-0.3, -0.25) is 0 Å². The SMILES string of the molecule is Cc1ccc(Cn2ncc(Br)c2N)s1. The second-order valence-electron chi connectivity index (χ2n) is 3.05. The number of halogens is 1. The zero-order chi connectivity index (χ0) is 10.1. The van der Waals surface area contributed by atoms with Gasteiger partial charge in [-0.15, -0.1) is 11.3 Å². The molecule has 0 aliphatic carbocycles. The molecule has 0 atom stereocenters. The average Bonchev–Trinajstić information content (AvgIpc) is 2.67. The van der Waals surface area contributed by atoms with E-state index in [1.807, 2.05) is 0 Å². The molecule has 0 bridgehead atoms. The van der Waals surface area contributed by atoms with Gasteiger partial charge in [0.05, 0.1) is 17.2 Å². The van der Waals surface area contributed by atoms with Gasteiger partial charge in [-0.05, 0) is 35.0 Å². The predicted octanol–water partition coefficient (Wildman–Crippen LogP) is 2.65. The lowest BCUT2D eigenvalue weighted by atomic mass is 10.4. The standard InChI is InChI=1S/C9H10BrN3S/c1-6-2-3-7(14-6)5-13-9(11)8(10)4-12-13/h2-4H,5,11H2,1H3. The van der Waals surface area contributed by atoms with Crippen LogP contribution in [0.5, 0.6) is 0 Å². The molecule has 0 saturated heterocycles. The molecule has 0 aliphatic rings. The number of nitrogens with zero attached hydrogens (tertiary/aromatic N) is 2. The van der Waals surface area contributed by atoms with Crippen LogP contribution in [-0.2, 0) is 6.54 Å². The third kappa shape index (κ3) is 1.83. The van der Waals surface area contributed by atoms with Gasteiger partial charge in [0, 0.05) is 9.75 Å². The first-order valence-electron chi connectivity index (χ1n) is 4.19. The molecule has 74 valence electrons. The summed E-state index contributed by atoms with van der Waals surface area (Å²) in [6.07, 6.45) is 1.72. The summed E-state index contributed by atoms with van der Waals surface area (Å²) in [5.41, 5.74) is 5.82. The number of hydrogen-bond acceptors (Lipinski definition) is 3. The van der Waals surface area contributed by atoms with Crippen molar-refractivity contribution in [3.8, 4) is 0 Å². The van der Waals surface area contributed by atoms with Crippen LogP contribution < -0.4 is 5.73 Å². The van der Waals surface area contributed by atoms with E-state index in [0.29, 0.717) is 5.82 Å². The van der Waals surface area contributed by atoms with Crippen LogP contribution in [0.15, 0.2) is 22.8 Å². The summed E-state index contributed by atoms with van der Waals surface area (Å²) in [6, 6.07) is 4.21. The van der Waals surface area contributed by atoms with Crippen molar-refractivity contribution in [2.75, 3.05) is 5.73 Å². The van der Waals surface area contributed by atoms with E-state index in [9.17, 15) is 0 Å². The molecule has 3 nitrogen and oxygen atoms in total. The number of aryl methyl sites for hydroxylation is 1. The van der Waals surface area contributed by atoms with Crippen molar-refractivity contribution in [3.63, 3.8) is 0 Å². The minimum absolute atomic E-state index is 0.677. The highest BCUT2D eigenvalue weighted by Gasteiger charge is 2.05. The van der Waals surface area contributed by atoms with Crippen molar-refractivity contribution in [2.45, 2.75) is 13.5 Å². The molecular formula is C9H10BrN3S. The van der Waals surface area contributed by atoms with Crippen molar-refractivity contribution in [1.82, 2.24) is 9.78 Å². The van der Waals surface area contributed by atoms with Crippen LogP contribution in [-0.4, -0.2) is 9.78 Å². The van der Waals surface area contributed by atoms with Crippen LogP contribution >= 0.6 is 27.3 Å². The lowest BCUT2D eigenvalue weighted by Gasteiger charge is -2.01. The predicted molar refractivity (Wildman–Crippen MR) is 62.5 cm³/mol. The number of nitrogens with two attached hydrogens (primary N) is 1. The molecule has 2 N–H and O–H groups in total. The number of aromatic nitrogens is 2. The molecule has 2 heterocycles. The van der Waals surface area contributed by atoms with E-state index >= 15 is 0 Å². The summed E-state index contributed by atoms with van der Waals surface area (Å²) >= 11 is 5.10. The van der Waals surface area contributed by atoms with E-state index in [4.69, 9.17) is 5.73 Å². The maximum atomic E-state index is 5.82. The van der Waals surface area contributed by atoms with Crippen LogP contribution in [0.3, 0.4) is 0 Å². The minimum atomic E-state index is 0.677. The molecule has 14 heavy (non-hydrogen) atoms. The molecule has 0 saturated carbocycles. The Kier molecular flexibility index (Phi) is 2.60. The summed E-state index contributed by atoms with van der Waals surface area (Å²) in [4.78, 5) is 2.58. The molecule has 2 rings (SSSR count). The quantitative estimate of drug-likeness (QED) is 0.913. The van der Waals surface area contributed by atoms with Gasteiger partial charge in [-0.25, -0.2) is 4.68 Å². The van der Waals surface area contributed by atoms with E-state index in [0.717, 1.165) is 11.0 Å². The van der Waals surface area contributed by atoms with Crippen molar-refractivity contribution < 1.29 is 0 Å². The second kappa shape index (κ2) is 3.74. The van der Waals surface area contributed by atoms with Gasteiger partial charge in [0.15, 0.2) is 0 Å². The molecule has 0 unspecified atom stereocenters. The van der Waals surface area contributed by atoms with Crippen LogP contribution in [0.25, 0.3) is 0 Å². The molecular weight excluding hydrogens is 262 g/mol. The minimum Gasteiger partial charge on any atom is -0.383 e. The normalized spacial score (nSPS) is 10.7. The Morgan fingerprint density at radius 2 is 2.36 bits per heavy atom. The van der Waals surface area contributed by atoms with E-state index in [1.165, 1.54) is 9.75 Å². The summed E-state index contributed by atoms with van der Waals surface area (Å²) in [6.45, 7) is 2.84. The van der Waals surface area contributed by atoms with Crippen LogP contribution in [0, 0.1) is 6.92 Å². The first-order chi connectivity index (χ1) is 6.66. The highest BCUT2D eigenvalue weighted by Crippen LogP contribution is 2.21. The number of thiophene rings is 1. The first-order valence-corrected chi connectivity index (χ1v) is 5.80. The van der Waals surface area contributed by atoms with Crippen LogP contribution in [0.4, 0.5) is 5.82 Å². The van der Waals surface area contributed by atoms with Crippen molar-refractivity contribution in [2.24, 2.45) is 0 Å². The molecule has 0 radical (unpaired) electrons. The summed E-state index contributed by atoms with van der Waals surface area (Å²) in [5.74, 6) is 0.677. The second-order valence-corrected chi connectivity index (χ2v) is 5.27. The summed E-state index contributed by atoms with van der Waals surface area (Å²) in [7, 11) is 0. The van der Waals surface area contributed by atoms with E-state index in [2.05, 4.69) is 40.1 Å². The van der Waals surface area contributed by atoms with E-state index in [-0.39, 0.29) is 0 Å². The molecule has 2 aromatic rings. The fourth-order valence-corrected chi connectivity index (χ4v) is 2.38. The third-order valence-corrected chi connectivity index (χ3v) is 3.53. The first kappa shape index (κ1) is 9.73. The van der Waals surface area contributed by atoms with Gasteiger partial charge >= 0.3 is 0 Å². The largest absolute Gasteiger partial charge is 0.383 e. The fraction of sp³-hybridized carbons (Fsp3) is 0.222. The Morgan fingerprint density at radius 3 is 2.86 bits per heavy atom. The lowest BCUT2D eigenvalue weighted by Crippen LogP contribution is -2.04. The van der Waals surface area contributed by atoms with Crippen LogP contribution in [0.1, 0.15) is 9.75 Å². The molecule has 0 aliphatic heterocycles. The highest BCUT2D eigenvalue weighted by molar-refractivity contribution is 9.10. The Bertz CT molecular complexity index is 447. The maximum absolute atomic E-state index is 5.82. The summed E-state index contributed by atoms with van der Waals surface area (Å²) < 4.78 is 2.64. The van der Waals surface area contributed by atoms with Gasteiger partial charge in [0.2, 0.25) is 0 Å². The lowest BCUT2D eigenvalue weighted by molar-refractivity contribution is 0.705. The summed E-state index contributed by atoms with van der Waals surface area (Å²) in [5, 5.41) is 4.17. The third-order valence-electron chi connectivity index (χ3n) is 1.93. The maximum Gasteiger partial charge on any atom is 0.136 e. The molecule has 5 heteroatoms. The van der Waals surface area contributed by atoms with Crippen LogP contribution in [0.2, 0.25) is 0 Å². The van der Waals surface area contributed by atoms with E-state index < -0.39 is 0 Å². The van der Waals surface area contributed by atoms with Gasteiger partial charge in [-0.1, -0.05) is 0 Å².